The summed E-state index contributed by atoms with van der Waals surface area (Å²) < 4.78 is 1.21. The Hall–Kier alpha value is -2.53. The maximum Gasteiger partial charge on any atom is 0.277 e. The van der Waals surface area contributed by atoms with Gasteiger partial charge in [-0.25, -0.2) is 4.68 Å². The molecule has 3 aromatic rings. The highest BCUT2D eigenvalue weighted by Gasteiger charge is 2.13. The highest BCUT2D eigenvalue weighted by atomic mass is 16.3. The molecular weight excluding hydrogens is 278 g/mol. The molecule has 0 aliphatic rings. The quantitative estimate of drug-likeness (QED) is 0.804. The molecule has 1 unspecified atom stereocenters. The fourth-order valence-corrected chi connectivity index (χ4v) is 2.61. The Morgan fingerprint density at radius 1 is 1.14 bits per heavy atom. The van der Waals surface area contributed by atoms with Crippen LogP contribution in [-0.4, -0.2) is 20.1 Å². The van der Waals surface area contributed by atoms with E-state index in [4.69, 9.17) is 0 Å². The maximum atomic E-state index is 12.4. The number of aryl methyl sites for hydroxylation is 2. The van der Waals surface area contributed by atoms with Crippen LogP contribution in [0.2, 0.25) is 0 Å². The standard InChI is InChI=1S/C17H17N3O2/c1-11-7-12(2)9-13(8-11)16(21)10-20-17(22)14-5-3-4-6-15(14)18-19-20/h3-9,16,21H,10H2,1-2H3. The lowest BCUT2D eigenvalue weighted by atomic mass is 10.0. The fourth-order valence-electron chi connectivity index (χ4n) is 2.61. The lowest BCUT2D eigenvalue weighted by Gasteiger charge is -2.13. The fraction of sp³-hybridized carbons (Fsp3) is 0.235. The summed E-state index contributed by atoms with van der Waals surface area (Å²) in [6.07, 6.45) is -0.799. The molecule has 1 aromatic heterocycles. The van der Waals surface area contributed by atoms with Crippen LogP contribution in [-0.2, 0) is 6.54 Å². The van der Waals surface area contributed by atoms with Gasteiger partial charge in [-0.2, -0.15) is 0 Å². The normalized spacial score (nSPS) is 12.5. The monoisotopic (exact) mass is 295 g/mol. The van der Waals surface area contributed by atoms with Crippen LogP contribution in [0.4, 0.5) is 0 Å². The van der Waals surface area contributed by atoms with Gasteiger partial charge in [0.1, 0.15) is 5.52 Å². The molecular formula is C17H17N3O2. The van der Waals surface area contributed by atoms with Crippen LogP contribution in [0, 0.1) is 13.8 Å². The first kappa shape index (κ1) is 14.4. The van der Waals surface area contributed by atoms with Crippen LogP contribution in [0.3, 0.4) is 0 Å². The second-order valence-electron chi connectivity index (χ2n) is 5.53. The molecule has 0 radical (unpaired) electrons. The molecule has 3 rings (SSSR count). The predicted molar refractivity (Wildman–Crippen MR) is 84.7 cm³/mol. The van der Waals surface area contributed by atoms with E-state index < -0.39 is 6.10 Å². The molecule has 0 aliphatic heterocycles. The highest BCUT2D eigenvalue weighted by Crippen LogP contribution is 2.18. The Morgan fingerprint density at radius 2 is 1.82 bits per heavy atom. The van der Waals surface area contributed by atoms with Gasteiger partial charge >= 0.3 is 0 Å². The number of aliphatic hydroxyl groups is 1. The third-order valence-electron chi connectivity index (χ3n) is 3.60. The first-order valence-corrected chi connectivity index (χ1v) is 7.13. The molecule has 0 aliphatic carbocycles. The second kappa shape index (κ2) is 5.69. The molecule has 0 amide bonds. The molecule has 1 atom stereocenters. The third-order valence-corrected chi connectivity index (χ3v) is 3.60. The summed E-state index contributed by atoms with van der Waals surface area (Å²) >= 11 is 0. The van der Waals surface area contributed by atoms with Gasteiger partial charge in [0.2, 0.25) is 0 Å². The summed E-state index contributed by atoms with van der Waals surface area (Å²) in [4.78, 5) is 12.4. The van der Waals surface area contributed by atoms with E-state index in [0.717, 1.165) is 16.7 Å². The average molecular weight is 295 g/mol. The van der Waals surface area contributed by atoms with Crippen LogP contribution in [0.1, 0.15) is 22.8 Å². The second-order valence-corrected chi connectivity index (χ2v) is 5.53. The van der Waals surface area contributed by atoms with Gasteiger partial charge in [0.15, 0.2) is 0 Å². The van der Waals surface area contributed by atoms with Gasteiger partial charge in [-0.15, -0.1) is 5.10 Å². The van der Waals surface area contributed by atoms with E-state index in [1.54, 1.807) is 18.2 Å². The SMILES string of the molecule is Cc1cc(C)cc(C(O)Cn2nnc3ccccc3c2=O)c1. The molecule has 1 N–H and O–H groups in total. The van der Waals surface area contributed by atoms with Crippen molar-refractivity contribution >= 4 is 10.9 Å². The lowest BCUT2D eigenvalue weighted by molar-refractivity contribution is 0.148. The Bertz CT molecular complexity index is 866. The number of aliphatic hydroxyl groups excluding tert-OH is 1. The van der Waals surface area contributed by atoms with E-state index in [2.05, 4.69) is 10.3 Å². The average Bonchev–Trinajstić information content (AvgIpc) is 2.49. The van der Waals surface area contributed by atoms with Gasteiger partial charge in [0.25, 0.3) is 5.56 Å². The molecule has 0 saturated heterocycles. The van der Waals surface area contributed by atoms with E-state index in [1.165, 1.54) is 4.68 Å². The Balaban J connectivity index is 1.95. The van der Waals surface area contributed by atoms with Crippen molar-refractivity contribution in [3.05, 3.63) is 69.5 Å². The van der Waals surface area contributed by atoms with Crippen LogP contribution in [0.15, 0.2) is 47.3 Å². The first-order valence-electron chi connectivity index (χ1n) is 7.13. The zero-order chi connectivity index (χ0) is 15.7. The third kappa shape index (κ3) is 2.76. The Labute approximate surface area is 127 Å². The van der Waals surface area contributed by atoms with Crippen molar-refractivity contribution in [3.8, 4) is 0 Å². The highest BCUT2D eigenvalue weighted by molar-refractivity contribution is 5.76. The molecule has 5 nitrogen and oxygen atoms in total. The Kier molecular flexibility index (Phi) is 3.73. The number of fused-ring (bicyclic) bond motifs is 1. The zero-order valence-corrected chi connectivity index (χ0v) is 12.5. The smallest absolute Gasteiger partial charge is 0.277 e. The summed E-state index contributed by atoms with van der Waals surface area (Å²) in [6, 6.07) is 12.9. The van der Waals surface area contributed by atoms with Crippen LogP contribution in [0.5, 0.6) is 0 Å². The minimum atomic E-state index is -0.799. The number of hydrogen-bond donors (Lipinski definition) is 1. The molecule has 2 aromatic carbocycles. The Morgan fingerprint density at radius 3 is 2.55 bits per heavy atom. The van der Waals surface area contributed by atoms with Crippen LogP contribution >= 0.6 is 0 Å². The van der Waals surface area contributed by atoms with E-state index in [0.29, 0.717) is 10.9 Å². The molecule has 0 bridgehead atoms. The van der Waals surface area contributed by atoms with Gasteiger partial charge in [-0.1, -0.05) is 46.7 Å². The summed E-state index contributed by atoms with van der Waals surface area (Å²) in [6.45, 7) is 4.04. The van der Waals surface area contributed by atoms with E-state index >= 15 is 0 Å². The van der Waals surface area contributed by atoms with E-state index in [9.17, 15) is 9.90 Å². The largest absolute Gasteiger partial charge is 0.386 e. The summed E-state index contributed by atoms with van der Waals surface area (Å²) in [7, 11) is 0. The van der Waals surface area contributed by atoms with Crippen molar-refractivity contribution in [1.29, 1.82) is 0 Å². The van der Waals surface area contributed by atoms with Gasteiger partial charge in [0, 0.05) is 0 Å². The van der Waals surface area contributed by atoms with Crippen LogP contribution in [0.25, 0.3) is 10.9 Å². The number of nitrogens with zero attached hydrogens (tertiary/aromatic N) is 3. The zero-order valence-electron chi connectivity index (χ0n) is 12.5. The molecule has 112 valence electrons. The summed E-state index contributed by atoms with van der Waals surface area (Å²) in [5.74, 6) is 0. The molecule has 22 heavy (non-hydrogen) atoms. The number of hydrogen-bond acceptors (Lipinski definition) is 4. The van der Waals surface area contributed by atoms with Crippen molar-refractivity contribution in [2.75, 3.05) is 0 Å². The summed E-state index contributed by atoms with van der Waals surface area (Å²) in [5.41, 5.74) is 3.25. The van der Waals surface area contributed by atoms with Gasteiger partial charge in [0.05, 0.1) is 18.0 Å². The maximum absolute atomic E-state index is 12.4. The lowest BCUT2D eigenvalue weighted by Crippen LogP contribution is -2.27. The molecule has 1 heterocycles. The van der Waals surface area contributed by atoms with Gasteiger partial charge in [-0.05, 0) is 31.5 Å². The minimum absolute atomic E-state index is 0.0829. The first-order chi connectivity index (χ1) is 10.5. The molecule has 0 saturated carbocycles. The number of aromatic nitrogens is 3. The van der Waals surface area contributed by atoms with Crippen molar-refractivity contribution in [3.63, 3.8) is 0 Å². The van der Waals surface area contributed by atoms with E-state index in [-0.39, 0.29) is 12.1 Å². The van der Waals surface area contributed by atoms with Gasteiger partial charge < -0.3 is 5.11 Å². The molecule has 5 heteroatoms. The number of benzene rings is 2. The summed E-state index contributed by atoms with van der Waals surface area (Å²) in [5, 5.41) is 18.8. The predicted octanol–water partition coefficient (Wildman–Crippen LogP) is 2.14. The molecule has 0 spiro atoms. The van der Waals surface area contributed by atoms with Gasteiger partial charge in [-0.3, -0.25) is 4.79 Å². The molecule has 0 fully saturated rings. The topological polar surface area (TPSA) is 68.0 Å². The van der Waals surface area contributed by atoms with Crippen molar-refractivity contribution in [2.24, 2.45) is 0 Å². The minimum Gasteiger partial charge on any atom is -0.386 e. The van der Waals surface area contributed by atoms with Crippen LogP contribution < -0.4 is 5.56 Å². The van der Waals surface area contributed by atoms with Crippen molar-refractivity contribution in [1.82, 2.24) is 15.0 Å². The van der Waals surface area contributed by atoms with E-state index in [1.807, 2.05) is 38.1 Å². The van der Waals surface area contributed by atoms with Crippen molar-refractivity contribution in [2.45, 2.75) is 26.5 Å². The van der Waals surface area contributed by atoms with Crippen molar-refractivity contribution < 1.29 is 5.11 Å². The number of rotatable bonds is 3.